The average molecular weight is 257 g/mol. The largest absolute Gasteiger partial charge is 0.480 e. The normalized spacial score (nSPS) is 15.0. The third-order valence-corrected chi connectivity index (χ3v) is 2.46. The van der Waals surface area contributed by atoms with Crippen LogP contribution in [0, 0.1) is 0 Å². The molecule has 1 aliphatic heterocycles. The van der Waals surface area contributed by atoms with Crippen LogP contribution in [0.25, 0.3) is 0 Å². The maximum atomic E-state index is 11.4. The zero-order chi connectivity index (χ0) is 10.1. The number of fused-ring (bicyclic) bond motifs is 1. The lowest BCUT2D eigenvalue weighted by molar-refractivity contribution is -0.121. The minimum atomic E-state index is -0.0465. The first-order valence-electron chi connectivity index (χ1n) is 4.31. The molecule has 0 fully saturated rings. The Morgan fingerprint density at radius 1 is 1.71 bits per heavy atom. The van der Waals surface area contributed by atoms with E-state index in [4.69, 9.17) is 4.74 Å². The Bertz CT molecular complexity index is 381. The number of carbonyl (C=O) groups is 1. The van der Waals surface area contributed by atoms with Gasteiger partial charge in [-0.1, -0.05) is 0 Å². The second-order valence-electron chi connectivity index (χ2n) is 2.90. The lowest BCUT2D eigenvalue weighted by atomic mass is 10.3. The number of amides is 1. The van der Waals surface area contributed by atoms with E-state index in [0.29, 0.717) is 18.1 Å². The van der Waals surface area contributed by atoms with E-state index in [1.165, 1.54) is 0 Å². The number of halogens is 1. The second-order valence-corrected chi connectivity index (χ2v) is 3.82. The maximum absolute atomic E-state index is 11.4. The Morgan fingerprint density at radius 2 is 2.50 bits per heavy atom. The van der Waals surface area contributed by atoms with Crippen molar-refractivity contribution in [3.63, 3.8) is 0 Å². The summed E-state index contributed by atoms with van der Waals surface area (Å²) in [6.45, 7) is 2.62. The summed E-state index contributed by atoms with van der Waals surface area (Å²) in [7, 11) is 0. The molecule has 1 aromatic rings. The summed E-state index contributed by atoms with van der Waals surface area (Å²) >= 11 is 3.30. The molecule has 0 aromatic carbocycles. The van der Waals surface area contributed by atoms with Crippen molar-refractivity contribution in [2.45, 2.75) is 6.92 Å². The van der Waals surface area contributed by atoms with Gasteiger partial charge < -0.3 is 4.74 Å². The summed E-state index contributed by atoms with van der Waals surface area (Å²) in [6, 6.07) is 1.82. The van der Waals surface area contributed by atoms with Gasteiger partial charge in [-0.15, -0.1) is 0 Å². The molecule has 0 saturated heterocycles. The Hall–Kier alpha value is -1.10. The molecule has 1 aromatic heterocycles. The molecule has 1 amide bonds. The fourth-order valence-corrected chi connectivity index (χ4v) is 1.69. The van der Waals surface area contributed by atoms with Gasteiger partial charge >= 0.3 is 0 Å². The predicted molar refractivity (Wildman–Crippen MR) is 55.5 cm³/mol. The number of likely N-dealkylation sites (N-methyl/N-ethyl adjacent to an activating group) is 1. The van der Waals surface area contributed by atoms with Crippen molar-refractivity contribution in [1.82, 2.24) is 4.98 Å². The van der Waals surface area contributed by atoms with Crippen LogP contribution >= 0.6 is 15.9 Å². The Balaban J connectivity index is 2.47. The minimum absolute atomic E-state index is 0.0465. The van der Waals surface area contributed by atoms with E-state index in [0.717, 1.165) is 4.47 Å². The molecule has 0 atom stereocenters. The number of rotatable bonds is 1. The molecule has 74 valence electrons. The number of nitrogens with zero attached hydrogens (tertiary/aromatic N) is 2. The summed E-state index contributed by atoms with van der Waals surface area (Å²) in [5, 5.41) is 0. The highest BCUT2D eigenvalue weighted by atomic mass is 79.9. The van der Waals surface area contributed by atoms with E-state index in [9.17, 15) is 4.79 Å². The van der Waals surface area contributed by atoms with Gasteiger partial charge in [0, 0.05) is 17.2 Å². The van der Waals surface area contributed by atoms with Gasteiger partial charge in [-0.25, -0.2) is 4.98 Å². The number of anilines is 1. The zero-order valence-corrected chi connectivity index (χ0v) is 9.24. The molecule has 0 spiro atoms. The topological polar surface area (TPSA) is 42.4 Å². The molecule has 0 saturated carbocycles. The van der Waals surface area contributed by atoms with Gasteiger partial charge in [0.25, 0.3) is 5.91 Å². The third kappa shape index (κ3) is 1.48. The van der Waals surface area contributed by atoms with E-state index in [2.05, 4.69) is 20.9 Å². The highest BCUT2D eigenvalue weighted by molar-refractivity contribution is 9.10. The van der Waals surface area contributed by atoms with Gasteiger partial charge in [0.05, 0.1) is 0 Å². The predicted octanol–water partition coefficient (Wildman–Crippen LogP) is 1.59. The Labute approximate surface area is 90.0 Å². The standard InChI is InChI=1S/C9H9BrN2O2/c1-2-12-8(13)5-14-7-3-6(10)4-11-9(7)12/h3-4H,2,5H2,1H3. The van der Waals surface area contributed by atoms with Crippen molar-refractivity contribution < 1.29 is 9.53 Å². The van der Waals surface area contributed by atoms with Crippen LogP contribution in [0.2, 0.25) is 0 Å². The molecule has 0 radical (unpaired) electrons. The van der Waals surface area contributed by atoms with Gasteiger partial charge in [-0.3, -0.25) is 9.69 Å². The third-order valence-electron chi connectivity index (χ3n) is 2.02. The number of carbonyl (C=O) groups excluding carboxylic acids is 1. The molecule has 1 aliphatic rings. The van der Waals surface area contributed by atoms with Crippen molar-refractivity contribution >= 4 is 27.7 Å². The first-order chi connectivity index (χ1) is 6.72. The second kappa shape index (κ2) is 3.57. The molecule has 0 N–H and O–H groups in total. The van der Waals surface area contributed by atoms with Crippen molar-refractivity contribution in [2.24, 2.45) is 0 Å². The van der Waals surface area contributed by atoms with E-state index in [1.807, 2.05) is 13.0 Å². The van der Waals surface area contributed by atoms with Crippen molar-refractivity contribution in [3.8, 4) is 5.75 Å². The summed E-state index contributed by atoms with van der Waals surface area (Å²) in [5.74, 6) is 1.21. The zero-order valence-electron chi connectivity index (χ0n) is 7.66. The quantitative estimate of drug-likeness (QED) is 0.767. The lowest BCUT2D eigenvalue weighted by Gasteiger charge is -2.26. The van der Waals surface area contributed by atoms with Crippen molar-refractivity contribution in [3.05, 3.63) is 16.7 Å². The summed E-state index contributed by atoms with van der Waals surface area (Å²) in [5.41, 5.74) is 0. The van der Waals surface area contributed by atoms with Crippen molar-refractivity contribution in [1.29, 1.82) is 0 Å². The number of ether oxygens (including phenoxy) is 1. The van der Waals surface area contributed by atoms with Gasteiger partial charge in [-0.05, 0) is 28.9 Å². The molecule has 2 heterocycles. The number of pyridine rings is 1. The van der Waals surface area contributed by atoms with E-state index in [1.54, 1.807) is 11.1 Å². The molecular formula is C9H9BrN2O2. The fourth-order valence-electron chi connectivity index (χ4n) is 1.38. The smallest absolute Gasteiger partial charge is 0.266 e. The van der Waals surface area contributed by atoms with Crippen LogP contribution in [0.1, 0.15) is 6.92 Å². The lowest BCUT2D eigenvalue weighted by Crippen LogP contribution is -2.39. The summed E-state index contributed by atoms with van der Waals surface area (Å²) < 4.78 is 6.11. The van der Waals surface area contributed by atoms with Crippen LogP contribution < -0.4 is 9.64 Å². The SMILES string of the molecule is CCN1C(=O)COc2cc(Br)cnc21. The van der Waals surface area contributed by atoms with Gasteiger partial charge in [0.15, 0.2) is 18.2 Å². The average Bonchev–Trinajstić information content (AvgIpc) is 2.18. The Morgan fingerprint density at radius 3 is 3.21 bits per heavy atom. The van der Waals surface area contributed by atoms with Crippen LogP contribution in [0.15, 0.2) is 16.7 Å². The molecule has 14 heavy (non-hydrogen) atoms. The van der Waals surface area contributed by atoms with Crippen LogP contribution in [-0.4, -0.2) is 24.0 Å². The van der Waals surface area contributed by atoms with Crippen LogP contribution in [0.4, 0.5) is 5.82 Å². The molecule has 2 rings (SSSR count). The van der Waals surface area contributed by atoms with E-state index < -0.39 is 0 Å². The van der Waals surface area contributed by atoms with E-state index >= 15 is 0 Å². The Kier molecular flexibility index (Phi) is 2.41. The number of hydrogen-bond donors (Lipinski definition) is 0. The van der Waals surface area contributed by atoms with Gasteiger partial charge in [0.1, 0.15) is 0 Å². The van der Waals surface area contributed by atoms with Crippen molar-refractivity contribution in [2.75, 3.05) is 18.1 Å². The molecular weight excluding hydrogens is 248 g/mol. The fraction of sp³-hybridized carbons (Fsp3) is 0.333. The van der Waals surface area contributed by atoms with Gasteiger partial charge in [-0.2, -0.15) is 0 Å². The molecule has 4 nitrogen and oxygen atoms in total. The van der Waals surface area contributed by atoms with Crippen LogP contribution in [-0.2, 0) is 4.79 Å². The molecule has 0 bridgehead atoms. The molecule has 0 unspecified atom stereocenters. The minimum Gasteiger partial charge on any atom is -0.480 e. The van der Waals surface area contributed by atoms with E-state index in [-0.39, 0.29) is 12.5 Å². The monoisotopic (exact) mass is 256 g/mol. The van der Waals surface area contributed by atoms with Gasteiger partial charge in [0.2, 0.25) is 0 Å². The highest BCUT2D eigenvalue weighted by Gasteiger charge is 2.25. The van der Waals surface area contributed by atoms with Crippen LogP contribution in [0.3, 0.4) is 0 Å². The first-order valence-corrected chi connectivity index (χ1v) is 5.10. The summed E-state index contributed by atoms with van der Waals surface area (Å²) in [6.07, 6.45) is 1.66. The highest BCUT2D eigenvalue weighted by Crippen LogP contribution is 2.31. The maximum Gasteiger partial charge on any atom is 0.266 e. The summed E-state index contributed by atoms with van der Waals surface area (Å²) in [4.78, 5) is 17.2. The first kappa shape index (κ1) is 9.45. The van der Waals surface area contributed by atoms with Crippen LogP contribution in [0.5, 0.6) is 5.75 Å². The molecule has 5 heteroatoms. The number of hydrogen-bond acceptors (Lipinski definition) is 3. The molecule has 0 aliphatic carbocycles. The number of aromatic nitrogens is 1.